The summed E-state index contributed by atoms with van der Waals surface area (Å²) >= 11 is 1.70. The second-order valence-corrected chi connectivity index (χ2v) is 6.45. The van der Waals surface area contributed by atoms with Gasteiger partial charge in [-0.2, -0.15) is 0 Å². The number of fused-ring (bicyclic) bond motifs is 1. The van der Waals surface area contributed by atoms with Gasteiger partial charge in [0.15, 0.2) is 11.5 Å². The maximum absolute atomic E-state index is 10.8. The monoisotopic (exact) mass is 332 g/mol. The van der Waals surface area contributed by atoms with E-state index >= 15 is 0 Å². The largest absolute Gasteiger partial charge is 0.497 e. The zero-order chi connectivity index (χ0) is 16.4. The molecular formula is C18H20O4S. The molecule has 2 aromatic rings. The smallest absolute Gasteiger partial charge is 0.165 e. The van der Waals surface area contributed by atoms with E-state index in [2.05, 4.69) is 0 Å². The van der Waals surface area contributed by atoms with Crippen molar-refractivity contribution in [1.29, 1.82) is 0 Å². The minimum absolute atomic E-state index is 0.00786. The van der Waals surface area contributed by atoms with Gasteiger partial charge in [-0.3, -0.25) is 0 Å². The van der Waals surface area contributed by atoms with E-state index in [4.69, 9.17) is 14.2 Å². The van der Waals surface area contributed by atoms with Crippen molar-refractivity contribution in [3.8, 4) is 17.2 Å². The van der Waals surface area contributed by atoms with Crippen molar-refractivity contribution in [2.24, 2.45) is 0 Å². The third kappa shape index (κ3) is 2.86. The van der Waals surface area contributed by atoms with Crippen LogP contribution in [0.25, 0.3) is 0 Å². The first-order chi connectivity index (χ1) is 11.2. The van der Waals surface area contributed by atoms with Gasteiger partial charge in [0.25, 0.3) is 0 Å². The summed E-state index contributed by atoms with van der Waals surface area (Å²) < 4.78 is 16.0. The van der Waals surface area contributed by atoms with Gasteiger partial charge in [0.05, 0.1) is 32.7 Å². The highest BCUT2D eigenvalue weighted by Gasteiger charge is 2.32. The van der Waals surface area contributed by atoms with E-state index in [1.807, 2.05) is 36.4 Å². The number of hydrogen-bond acceptors (Lipinski definition) is 5. The van der Waals surface area contributed by atoms with E-state index < -0.39 is 6.10 Å². The van der Waals surface area contributed by atoms with E-state index in [0.29, 0.717) is 11.5 Å². The Hall–Kier alpha value is -1.85. The first kappa shape index (κ1) is 16.0. The molecule has 0 fully saturated rings. The lowest BCUT2D eigenvalue weighted by molar-refractivity contribution is 0.171. The molecule has 0 bridgehead atoms. The summed E-state index contributed by atoms with van der Waals surface area (Å²) in [6, 6.07) is 11.6. The molecule has 0 radical (unpaired) electrons. The first-order valence-electron chi connectivity index (χ1n) is 7.37. The van der Waals surface area contributed by atoms with Crippen LogP contribution in [0, 0.1) is 0 Å². The van der Waals surface area contributed by atoms with E-state index in [1.165, 1.54) is 0 Å². The number of benzene rings is 2. The van der Waals surface area contributed by atoms with Gasteiger partial charge < -0.3 is 19.3 Å². The highest BCUT2D eigenvalue weighted by Crippen LogP contribution is 2.51. The Morgan fingerprint density at radius 2 is 1.70 bits per heavy atom. The average Bonchev–Trinajstić information content (AvgIpc) is 2.61. The minimum atomic E-state index is -0.586. The van der Waals surface area contributed by atoms with Crippen molar-refractivity contribution < 1.29 is 19.3 Å². The molecule has 0 amide bonds. The Morgan fingerprint density at radius 1 is 0.957 bits per heavy atom. The van der Waals surface area contributed by atoms with Gasteiger partial charge in [-0.15, -0.1) is 11.8 Å². The molecule has 3 rings (SSSR count). The number of aliphatic hydroxyl groups is 1. The average molecular weight is 332 g/mol. The lowest BCUT2D eigenvalue weighted by Crippen LogP contribution is -2.16. The van der Waals surface area contributed by atoms with Crippen LogP contribution >= 0.6 is 11.8 Å². The summed E-state index contributed by atoms with van der Waals surface area (Å²) in [6.07, 6.45) is -0.586. The molecular weight excluding hydrogens is 312 g/mol. The molecule has 0 spiro atoms. The third-order valence-corrected chi connectivity index (χ3v) is 5.49. The number of aliphatic hydroxyl groups excluding tert-OH is 1. The standard InChI is InChI=1S/C18H20O4S/c1-20-12-6-4-11(5-7-12)18-16(19)13-8-9-15(21-2)17(22-3)14(13)10-23-18/h4-9,16,18-19H,10H2,1-3H3. The van der Waals surface area contributed by atoms with Crippen LogP contribution in [0.15, 0.2) is 36.4 Å². The van der Waals surface area contributed by atoms with Crippen LogP contribution in [0.2, 0.25) is 0 Å². The van der Waals surface area contributed by atoms with Crippen molar-refractivity contribution in [1.82, 2.24) is 0 Å². The molecule has 2 unspecified atom stereocenters. The van der Waals surface area contributed by atoms with Crippen LogP contribution in [0.4, 0.5) is 0 Å². The predicted molar refractivity (Wildman–Crippen MR) is 91.5 cm³/mol. The summed E-state index contributed by atoms with van der Waals surface area (Å²) in [6.45, 7) is 0. The predicted octanol–water partition coefficient (Wildman–Crippen LogP) is 3.73. The van der Waals surface area contributed by atoms with Gasteiger partial charge in [-0.25, -0.2) is 0 Å². The molecule has 2 atom stereocenters. The van der Waals surface area contributed by atoms with Crippen LogP contribution in [0.5, 0.6) is 17.2 Å². The molecule has 5 heteroatoms. The van der Waals surface area contributed by atoms with Crippen LogP contribution in [0.1, 0.15) is 28.0 Å². The SMILES string of the molecule is COc1ccc(C2SCc3c(ccc(OC)c3OC)C2O)cc1. The fourth-order valence-corrected chi connectivity index (χ4v) is 4.25. The van der Waals surface area contributed by atoms with Gasteiger partial charge in [0.1, 0.15) is 5.75 Å². The maximum atomic E-state index is 10.8. The molecule has 122 valence electrons. The molecule has 1 heterocycles. The zero-order valence-electron chi connectivity index (χ0n) is 13.4. The normalized spacial score (nSPS) is 19.8. The molecule has 1 aliphatic rings. The zero-order valence-corrected chi connectivity index (χ0v) is 14.2. The fraction of sp³-hybridized carbons (Fsp3) is 0.333. The quantitative estimate of drug-likeness (QED) is 0.924. The number of hydrogen-bond donors (Lipinski definition) is 1. The van der Waals surface area contributed by atoms with E-state index in [9.17, 15) is 5.11 Å². The number of ether oxygens (including phenoxy) is 3. The Morgan fingerprint density at radius 3 is 2.30 bits per heavy atom. The first-order valence-corrected chi connectivity index (χ1v) is 8.41. The number of methoxy groups -OCH3 is 3. The topological polar surface area (TPSA) is 47.9 Å². The van der Waals surface area contributed by atoms with Crippen LogP contribution < -0.4 is 14.2 Å². The van der Waals surface area contributed by atoms with Crippen LogP contribution in [0.3, 0.4) is 0 Å². The van der Waals surface area contributed by atoms with Gasteiger partial charge in [0, 0.05) is 11.3 Å². The van der Waals surface area contributed by atoms with Gasteiger partial charge in [0.2, 0.25) is 0 Å². The Bertz CT molecular complexity index is 684. The van der Waals surface area contributed by atoms with Crippen molar-refractivity contribution in [2.45, 2.75) is 17.1 Å². The number of thioether (sulfide) groups is 1. The highest BCUT2D eigenvalue weighted by molar-refractivity contribution is 7.98. The summed E-state index contributed by atoms with van der Waals surface area (Å²) in [5.41, 5.74) is 3.00. The molecule has 1 N–H and O–H groups in total. The molecule has 0 saturated heterocycles. The molecule has 0 aromatic heterocycles. The van der Waals surface area contributed by atoms with Crippen molar-refractivity contribution in [2.75, 3.05) is 21.3 Å². The van der Waals surface area contributed by atoms with Crippen molar-refractivity contribution in [3.63, 3.8) is 0 Å². The summed E-state index contributed by atoms with van der Waals surface area (Å²) in [5.74, 6) is 2.99. The molecule has 0 saturated carbocycles. The Kier molecular flexibility index (Phi) is 4.68. The van der Waals surface area contributed by atoms with Crippen molar-refractivity contribution in [3.05, 3.63) is 53.1 Å². The summed E-state index contributed by atoms with van der Waals surface area (Å²) in [4.78, 5) is 0. The second-order valence-electron chi connectivity index (χ2n) is 5.32. The summed E-state index contributed by atoms with van der Waals surface area (Å²) in [5, 5.41) is 10.8. The molecule has 4 nitrogen and oxygen atoms in total. The molecule has 23 heavy (non-hydrogen) atoms. The minimum Gasteiger partial charge on any atom is -0.497 e. The van der Waals surface area contributed by atoms with Gasteiger partial charge in [-0.05, 0) is 29.3 Å². The number of rotatable bonds is 4. The van der Waals surface area contributed by atoms with E-state index in [0.717, 1.165) is 28.2 Å². The maximum Gasteiger partial charge on any atom is 0.165 e. The van der Waals surface area contributed by atoms with Crippen molar-refractivity contribution >= 4 is 11.8 Å². The highest BCUT2D eigenvalue weighted by atomic mass is 32.2. The third-order valence-electron chi connectivity index (χ3n) is 4.14. The molecule has 0 aliphatic carbocycles. The van der Waals surface area contributed by atoms with Crippen LogP contribution in [-0.2, 0) is 5.75 Å². The lowest BCUT2D eigenvalue weighted by atomic mass is 9.95. The second kappa shape index (κ2) is 6.72. The molecule has 2 aromatic carbocycles. The van der Waals surface area contributed by atoms with Gasteiger partial charge in [-0.1, -0.05) is 18.2 Å². The Labute approximate surface area is 140 Å². The Balaban J connectivity index is 1.95. The fourth-order valence-electron chi connectivity index (χ4n) is 2.93. The van der Waals surface area contributed by atoms with E-state index in [-0.39, 0.29) is 5.25 Å². The van der Waals surface area contributed by atoms with Gasteiger partial charge >= 0.3 is 0 Å². The lowest BCUT2D eigenvalue weighted by Gasteiger charge is -2.31. The summed E-state index contributed by atoms with van der Waals surface area (Å²) in [7, 11) is 4.90. The van der Waals surface area contributed by atoms with Crippen LogP contribution in [-0.4, -0.2) is 26.4 Å². The molecule has 1 aliphatic heterocycles. The van der Waals surface area contributed by atoms with E-state index in [1.54, 1.807) is 33.1 Å².